The lowest BCUT2D eigenvalue weighted by atomic mass is 10.6. The lowest BCUT2D eigenvalue weighted by Crippen LogP contribution is -2.32. The molecule has 0 heterocycles. The van der Waals surface area contributed by atoms with E-state index < -0.39 is 0 Å². The average molecular weight is 163 g/mol. The topological polar surface area (TPSA) is 50.7 Å². The second-order valence-electron chi connectivity index (χ2n) is 2.03. The van der Waals surface area contributed by atoms with Gasteiger partial charge in [-0.2, -0.15) is 0 Å². The van der Waals surface area contributed by atoms with E-state index in [1.165, 1.54) is 0 Å². The predicted octanol–water partition coefficient (Wildman–Crippen LogP) is -0.423. The fraction of sp³-hybridized carbons (Fsp3) is 1.00. The minimum atomic E-state index is -0.268. The molecule has 0 saturated carbocycles. The van der Waals surface area contributed by atoms with Crippen molar-refractivity contribution in [3.8, 4) is 0 Å². The first kappa shape index (κ1) is 10.8. The van der Waals surface area contributed by atoms with Gasteiger partial charge in [0.2, 0.25) is 0 Å². The van der Waals surface area contributed by atoms with Gasteiger partial charge in [0.25, 0.3) is 0 Å². The van der Waals surface area contributed by atoms with Gasteiger partial charge in [0.15, 0.2) is 0 Å². The average Bonchev–Trinajstić information content (AvgIpc) is 2.05. The lowest BCUT2D eigenvalue weighted by molar-refractivity contribution is -0.0295. The standard InChI is InChI=1S/C7H17NO3/c1-3-10-4-5-11-7(6-9)8-2/h7-9H,3-6H2,1-2H3. The van der Waals surface area contributed by atoms with Crippen LogP contribution >= 0.6 is 0 Å². The Morgan fingerprint density at radius 1 is 1.45 bits per heavy atom. The Bertz CT molecular complexity index is 76.1. The highest BCUT2D eigenvalue weighted by molar-refractivity contribution is 4.46. The number of ether oxygens (including phenoxy) is 2. The van der Waals surface area contributed by atoms with Gasteiger partial charge in [-0.15, -0.1) is 0 Å². The molecule has 0 aromatic heterocycles. The van der Waals surface area contributed by atoms with Crippen LogP contribution in [-0.2, 0) is 9.47 Å². The largest absolute Gasteiger partial charge is 0.392 e. The quantitative estimate of drug-likeness (QED) is 0.395. The summed E-state index contributed by atoms with van der Waals surface area (Å²) in [5, 5.41) is 11.5. The Morgan fingerprint density at radius 3 is 2.64 bits per heavy atom. The van der Waals surface area contributed by atoms with Crippen LogP contribution in [0.3, 0.4) is 0 Å². The molecule has 4 nitrogen and oxygen atoms in total. The summed E-state index contributed by atoms with van der Waals surface area (Å²) in [5.41, 5.74) is 0. The molecular weight excluding hydrogens is 146 g/mol. The summed E-state index contributed by atoms with van der Waals surface area (Å²) in [5.74, 6) is 0. The summed E-state index contributed by atoms with van der Waals surface area (Å²) in [7, 11) is 1.74. The molecule has 0 aromatic rings. The van der Waals surface area contributed by atoms with Crippen LogP contribution in [0.25, 0.3) is 0 Å². The summed E-state index contributed by atoms with van der Waals surface area (Å²) in [6, 6.07) is 0. The predicted molar refractivity (Wildman–Crippen MR) is 42.4 cm³/mol. The normalized spacial score (nSPS) is 13.4. The summed E-state index contributed by atoms with van der Waals surface area (Å²) in [6.45, 7) is 3.71. The molecule has 0 radical (unpaired) electrons. The number of hydrogen-bond acceptors (Lipinski definition) is 4. The van der Waals surface area contributed by atoms with E-state index in [0.717, 1.165) is 0 Å². The second-order valence-corrected chi connectivity index (χ2v) is 2.03. The smallest absolute Gasteiger partial charge is 0.131 e. The highest BCUT2D eigenvalue weighted by atomic mass is 16.5. The fourth-order valence-electron chi connectivity index (χ4n) is 0.621. The zero-order valence-electron chi connectivity index (χ0n) is 7.17. The minimum Gasteiger partial charge on any atom is -0.392 e. The van der Waals surface area contributed by atoms with Crippen LogP contribution in [0.5, 0.6) is 0 Å². The molecule has 0 aromatic carbocycles. The van der Waals surface area contributed by atoms with Gasteiger partial charge < -0.3 is 14.6 Å². The number of likely N-dealkylation sites (N-methyl/N-ethyl adjacent to an activating group) is 1. The van der Waals surface area contributed by atoms with Gasteiger partial charge in [-0.3, -0.25) is 5.32 Å². The van der Waals surface area contributed by atoms with Crippen molar-refractivity contribution >= 4 is 0 Å². The van der Waals surface area contributed by atoms with E-state index >= 15 is 0 Å². The first-order valence-electron chi connectivity index (χ1n) is 3.82. The maximum absolute atomic E-state index is 8.65. The Labute approximate surface area is 67.5 Å². The monoisotopic (exact) mass is 163 g/mol. The van der Waals surface area contributed by atoms with Crippen LogP contribution in [-0.4, -0.2) is 44.8 Å². The van der Waals surface area contributed by atoms with Crippen LogP contribution < -0.4 is 5.32 Å². The van der Waals surface area contributed by atoms with Crippen molar-refractivity contribution in [3.05, 3.63) is 0 Å². The molecule has 0 rings (SSSR count). The van der Waals surface area contributed by atoms with E-state index in [2.05, 4.69) is 5.32 Å². The number of nitrogens with one attached hydrogen (secondary N) is 1. The lowest BCUT2D eigenvalue weighted by Gasteiger charge is -2.13. The van der Waals surface area contributed by atoms with Crippen LogP contribution in [0.15, 0.2) is 0 Å². The van der Waals surface area contributed by atoms with Crippen molar-refractivity contribution < 1.29 is 14.6 Å². The van der Waals surface area contributed by atoms with E-state index in [1.807, 2.05) is 6.92 Å². The second kappa shape index (κ2) is 7.94. The summed E-state index contributed by atoms with van der Waals surface area (Å²) < 4.78 is 10.2. The summed E-state index contributed by atoms with van der Waals surface area (Å²) in [6.07, 6.45) is -0.268. The highest BCUT2D eigenvalue weighted by Gasteiger charge is 2.01. The van der Waals surface area contributed by atoms with Crippen molar-refractivity contribution in [3.63, 3.8) is 0 Å². The van der Waals surface area contributed by atoms with Crippen molar-refractivity contribution in [2.75, 3.05) is 33.5 Å². The van der Waals surface area contributed by atoms with E-state index in [0.29, 0.717) is 19.8 Å². The van der Waals surface area contributed by atoms with Crippen LogP contribution in [0.2, 0.25) is 0 Å². The SMILES string of the molecule is CCOCCOC(CO)NC. The zero-order chi connectivity index (χ0) is 8.53. The number of aliphatic hydroxyl groups is 1. The van der Waals surface area contributed by atoms with Crippen molar-refractivity contribution in [1.82, 2.24) is 5.32 Å². The molecule has 0 amide bonds. The summed E-state index contributed by atoms with van der Waals surface area (Å²) in [4.78, 5) is 0. The molecule has 11 heavy (non-hydrogen) atoms. The van der Waals surface area contributed by atoms with Gasteiger partial charge in [-0.25, -0.2) is 0 Å². The molecule has 0 fully saturated rings. The van der Waals surface area contributed by atoms with Crippen molar-refractivity contribution in [2.24, 2.45) is 0 Å². The third kappa shape index (κ3) is 6.25. The molecule has 0 spiro atoms. The van der Waals surface area contributed by atoms with Gasteiger partial charge in [-0.05, 0) is 14.0 Å². The first-order valence-corrected chi connectivity index (χ1v) is 3.82. The van der Waals surface area contributed by atoms with Crippen molar-refractivity contribution in [2.45, 2.75) is 13.2 Å². The highest BCUT2D eigenvalue weighted by Crippen LogP contribution is 1.84. The van der Waals surface area contributed by atoms with E-state index in [-0.39, 0.29) is 12.8 Å². The Kier molecular flexibility index (Phi) is 7.83. The van der Waals surface area contributed by atoms with Crippen LogP contribution in [0, 0.1) is 0 Å². The molecule has 1 atom stereocenters. The third-order valence-electron chi connectivity index (χ3n) is 1.24. The van der Waals surface area contributed by atoms with Gasteiger partial charge in [0.05, 0.1) is 19.8 Å². The van der Waals surface area contributed by atoms with Gasteiger partial charge >= 0.3 is 0 Å². The Balaban J connectivity index is 3.07. The molecule has 4 heteroatoms. The van der Waals surface area contributed by atoms with Crippen molar-refractivity contribution in [1.29, 1.82) is 0 Å². The minimum absolute atomic E-state index is 0.0113. The van der Waals surface area contributed by atoms with Gasteiger partial charge in [0.1, 0.15) is 6.23 Å². The van der Waals surface area contributed by atoms with Crippen LogP contribution in [0.1, 0.15) is 6.92 Å². The van der Waals surface area contributed by atoms with Gasteiger partial charge in [0, 0.05) is 6.61 Å². The molecule has 2 N–H and O–H groups in total. The molecule has 68 valence electrons. The fourth-order valence-corrected chi connectivity index (χ4v) is 0.621. The van der Waals surface area contributed by atoms with E-state index in [9.17, 15) is 0 Å². The molecular formula is C7H17NO3. The molecule has 0 aliphatic carbocycles. The number of hydrogen-bond donors (Lipinski definition) is 2. The van der Waals surface area contributed by atoms with Gasteiger partial charge in [-0.1, -0.05) is 0 Å². The third-order valence-corrected chi connectivity index (χ3v) is 1.24. The molecule has 1 unspecified atom stereocenters. The Morgan fingerprint density at radius 2 is 2.18 bits per heavy atom. The molecule has 0 aliphatic heterocycles. The number of rotatable bonds is 7. The maximum Gasteiger partial charge on any atom is 0.131 e. The Hall–Kier alpha value is -0.160. The molecule has 0 aliphatic rings. The van der Waals surface area contributed by atoms with E-state index in [4.69, 9.17) is 14.6 Å². The molecule has 0 saturated heterocycles. The molecule has 0 bridgehead atoms. The number of aliphatic hydroxyl groups excluding tert-OH is 1. The van der Waals surface area contributed by atoms with Crippen LogP contribution in [0.4, 0.5) is 0 Å². The maximum atomic E-state index is 8.65. The van der Waals surface area contributed by atoms with E-state index in [1.54, 1.807) is 7.05 Å². The summed E-state index contributed by atoms with van der Waals surface area (Å²) >= 11 is 0. The zero-order valence-corrected chi connectivity index (χ0v) is 7.17. The first-order chi connectivity index (χ1) is 5.35.